The lowest BCUT2D eigenvalue weighted by Gasteiger charge is -2.06. The van der Waals surface area contributed by atoms with E-state index in [-0.39, 0.29) is 5.78 Å². The Kier molecular flexibility index (Phi) is 4.01. The van der Waals surface area contributed by atoms with Crippen molar-refractivity contribution >= 4 is 39.2 Å². The van der Waals surface area contributed by atoms with Crippen LogP contribution in [0.25, 0.3) is 21.7 Å². The lowest BCUT2D eigenvalue weighted by atomic mass is 10.1. The monoisotopic (exact) mass is 329 g/mol. The first-order chi connectivity index (χ1) is 11.8. The molecule has 0 radical (unpaired) electrons. The highest BCUT2D eigenvalue weighted by Gasteiger charge is 2.09. The van der Waals surface area contributed by atoms with Crippen molar-refractivity contribution in [3.05, 3.63) is 84.6 Å². The van der Waals surface area contributed by atoms with Crippen LogP contribution in [0, 0.1) is 0 Å². The molecule has 0 aliphatic heterocycles. The third-order valence-electron chi connectivity index (χ3n) is 4.04. The second-order valence-corrected chi connectivity index (χ2v) is 6.62. The van der Waals surface area contributed by atoms with Gasteiger partial charge >= 0.3 is 0 Å². The van der Waals surface area contributed by atoms with Gasteiger partial charge in [-0.05, 0) is 29.0 Å². The van der Waals surface area contributed by atoms with Gasteiger partial charge in [-0.25, -0.2) is 0 Å². The fourth-order valence-corrected chi connectivity index (χ4v) is 3.72. The molecule has 4 aromatic rings. The Hall–Kier alpha value is -2.65. The summed E-state index contributed by atoms with van der Waals surface area (Å²) in [6.07, 6.45) is 1.80. The van der Waals surface area contributed by atoms with Gasteiger partial charge in [0.1, 0.15) is 0 Å². The summed E-state index contributed by atoms with van der Waals surface area (Å²) in [5.41, 5.74) is 1.72. The highest BCUT2D eigenvalue weighted by atomic mass is 32.2. The van der Waals surface area contributed by atoms with Crippen molar-refractivity contribution in [1.82, 2.24) is 4.98 Å². The molecule has 3 heteroatoms. The van der Waals surface area contributed by atoms with Gasteiger partial charge in [0.05, 0.1) is 11.3 Å². The van der Waals surface area contributed by atoms with E-state index < -0.39 is 0 Å². The van der Waals surface area contributed by atoms with Crippen molar-refractivity contribution in [3.8, 4) is 0 Å². The lowest BCUT2D eigenvalue weighted by molar-refractivity contribution is 0.102. The molecule has 0 amide bonds. The molecule has 1 aromatic heterocycles. The minimum Gasteiger partial charge on any atom is -0.293 e. The Labute approximate surface area is 144 Å². The van der Waals surface area contributed by atoms with E-state index in [4.69, 9.17) is 0 Å². The first-order valence-electron chi connectivity index (χ1n) is 7.80. The van der Waals surface area contributed by atoms with Gasteiger partial charge in [-0.2, -0.15) is 0 Å². The number of thioether (sulfide) groups is 1. The third kappa shape index (κ3) is 2.91. The van der Waals surface area contributed by atoms with E-state index >= 15 is 0 Å². The van der Waals surface area contributed by atoms with Crippen LogP contribution in [0.3, 0.4) is 0 Å². The number of benzene rings is 3. The Morgan fingerprint density at radius 3 is 2.58 bits per heavy atom. The van der Waals surface area contributed by atoms with E-state index in [2.05, 4.69) is 11.1 Å². The number of carbonyl (C=O) groups is 1. The van der Waals surface area contributed by atoms with Crippen molar-refractivity contribution in [2.24, 2.45) is 0 Å². The molecule has 0 fully saturated rings. The smallest absolute Gasteiger partial charge is 0.173 e. The fourth-order valence-electron chi connectivity index (χ4n) is 2.78. The van der Waals surface area contributed by atoms with Crippen molar-refractivity contribution < 1.29 is 4.79 Å². The number of ketones is 1. The second kappa shape index (κ2) is 6.46. The molecule has 0 atom stereocenters. The number of Topliss-reactive ketones (excluding diaryl/α,β-unsaturated/α-hetero) is 1. The van der Waals surface area contributed by atoms with Gasteiger partial charge < -0.3 is 0 Å². The van der Waals surface area contributed by atoms with E-state index in [0.717, 1.165) is 32.1 Å². The number of fused-ring (bicyclic) bond motifs is 2. The maximum atomic E-state index is 12.6. The van der Waals surface area contributed by atoms with E-state index in [1.165, 1.54) is 0 Å². The molecule has 24 heavy (non-hydrogen) atoms. The van der Waals surface area contributed by atoms with Gasteiger partial charge in [-0.1, -0.05) is 54.6 Å². The van der Waals surface area contributed by atoms with Crippen LogP contribution in [-0.2, 0) is 0 Å². The summed E-state index contributed by atoms with van der Waals surface area (Å²) < 4.78 is 0. The fraction of sp³-hybridized carbons (Fsp3) is 0.0476. The van der Waals surface area contributed by atoms with Crippen LogP contribution >= 0.6 is 11.8 Å². The molecule has 0 N–H and O–H groups in total. The minimum absolute atomic E-state index is 0.145. The van der Waals surface area contributed by atoms with Crippen LogP contribution < -0.4 is 0 Å². The van der Waals surface area contributed by atoms with Gasteiger partial charge in [0, 0.05) is 22.0 Å². The zero-order chi connectivity index (χ0) is 16.4. The van der Waals surface area contributed by atoms with Crippen molar-refractivity contribution in [3.63, 3.8) is 0 Å². The number of hydrogen-bond donors (Lipinski definition) is 0. The average molecular weight is 329 g/mol. The first-order valence-corrected chi connectivity index (χ1v) is 8.78. The average Bonchev–Trinajstić information content (AvgIpc) is 2.65. The normalized spacial score (nSPS) is 11.0. The first kappa shape index (κ1) is 14.9. The Balaban J connectivity index is 1.57. The minimum atomic E-state index is 0.145. The molecule has 116 valence electrons. The van der Waals surface area contributed by atoms with E-state index in [9.17, 15) is 4.79 Å². The van der Waals surface area contributed by atoms with E-state index in [1.807, 2.05) is 66.7 Å². The zero-order valence-electron chi connectivity index (χ0n) is 13.0. The Bertz CT molecular complexity index is 1040. The largest absolute Gasteiger partial charge is 0.293 e. The molecule has 0 bridgehead atoms. The maximum Gasteiger partial charge on any atom is 0.173 e. The van der Waals surface area contributed by atoms with Crippen molar-refractivity contribution in [2.45, 2.75) is 4.90 Å². The quantitative estimate of drug-likeness (QED) is 0.373. The lowest BCUT2D eigenvalue weighted by Crippen LogP contribution is -2.02. The molecule has 4 rings (SSSR count). The zero-order valence-corrected chi connectivity index (χ0v) is 13.8. The number of nitrogens with zero attached hydrogens (tertiary/aromatic N) is 1. The number of carbonyl (C=O) groups excluding carboxylic acids is 1. The SMILES string of the molecule is O=C(CSc1ccnc2ccccc12)c1ccc2ccccc2c1. The Morgan fingerprint density at radius 1 is 0.875 bits per heavy atom. The van der Waals surface area contributed by atoms with Crippen LogP contribution in [0.4, 0.5) is 0 Å². The molecule has 0 spiro atoms. The summed E-state index contributed by atoms with van der Waals surface area (Å²) >= 11 is 1.57. The standard InChI is InChI=1S/C21H15NOS/c23-20(17-10-9-15-5-1-2-6-16(15)13-17)14-24-21-11-12-22-19-8-4-3-7-18(19)21/h1-13H,14H2. The highest BCUT2D eigenvalue weighted by molar-refractivity contribution is 8.00. The van der Waals surface area contributed by atoms with Crippen LogP contribution in [-0.4, -0.2) is 16.5 Å². The molecule has 2 nitrogen and oxygen atoms in total. The summed E-state index contributed by atoms with van der Waals surface area (Å²) in [6, 6.07) is 24.0. The predicted molar refractivity (Wildman–Crippen MR) is 101 cm³/mol. The van der Waals surface area contributed by atoms with E-state index in [1.54, 1.807) is 18.0 Å². The van der Waals surface area contributed by atoms with Crippen LogP contribution in [0.1, 0.15) is 10.4 Å². The van der Waals surface area contributed by atoms with Crippen LogP contribution in [0.2, 0.25) is 0 Å². The number of para-hydroxylation sites is 1. The third-order valence-corrected chi connectivity index (χ3v) is 5.11. The van der Waals surface area contributed by atoms with Crippen LogP contribution in [0.15, 0.2) is 83.9 Å². The molecular formula is C21H15NOS. The van der Waals surface area contributed by atoms with Gasteiger partial charge in [-0.3, -0.25) is 9.78 Å². The van der Waals surface area contributed by atoms with Gasteiger partial charge in [0.15, 0.2) is 5.78 Å². The molecule has 0 saturated carbocycles. The summed E-state index contributed by atoms with van der Waals surface area (Å²) in [6.45, 7) is 0. The van der Waals surface area contributed by atoms with Crippen molar-refractivity contribution in [1.29, 1.82) is 0 Å². The number of aromatic nitrogens is 1. The number of rotatable bonds is 4. The summed E-state index contributed by atoms with van der Waals surface area (Å²) in [7, 11) is 0. The molecule has 3 aromatic carbocycles. The molecule has 0 aliphatic carbocycles. The summed E-state index contributed by atoms with van der Waals surface area (Å²) in [5.74, 6) is 0.568. The highest BCUT2D eigenvalue weighted by Crippen LogP contribution is 2.27. The molecule has 0 unspecified atom stereocenters. The topological polar surface area (TPSA) is 30.0 Å². The second-order valence-electron chi connectivity index (χ2n) is 5.60. The molecule has 0 aliphatic rings. The van der Waals surface area contributed by atoms with Crippen molar-refractivity contribution in [2.75, 3.05) is 5.75 Å². The molecule has 1 heterocycles. The number of hydrogen-bond acceptors (Lipinski definition) is 3. The summed E-state index contributed by atoms with van der Waals surface area (Å²) in [5, 5.41) is 3.35. The predicted octanol–water partition coefficient (Wildman–Crippen LogP) is 5.36. The van der Waals surface area contributed by atoms with Gasteiger partial charge in [0.2, 0.25) is 0 Å². The van der Waals surface area contributed by atoms with Crippen LogP contribution in [0.5, 0.6) is 0 Å². The van der Waals surface area contributed by atoms with Gasteiger partial charge in [0.25, 0.3) is 0 Å². The number of pyridine rings is 1. The van der Waals surface area contributed by atoms with E-state index in [0.29, 0.717) is 5.75 Å². The molecule has 0 saturated heterocycles. The maximum absolute atomic E-state index is 12.6. The van der Waals surface area contributed by atoms with Gasteiger partial charge in [-0.15, -0.1) is 11.8 Å². The Morgan fingerprint density at radius 2 is 1.67 bits per heavy atom. The summed E-state index contributed by atoms with van der Waals surface area (Å²) in [4.78, 5) is 18.0. The molecular weight excluding hydrogens is 314 g/mol.